The Hall–Kier alpha value is -3.10. The maximum atomic E-state index is 12.2. The Morgan fingerprint density at radius 1 is 1.10 bits per heavy atom. The first kappa shape index (κ1) is 22.6. The molecule has 8 nitrogen and oxygen atoms in total. The minimum Gasteiger partial charge on any atom is -0.491 e. The van der Waals surface area contributed by atoms with Crippen molar-refractivity contribution < 1.29 is 23.8 Å². The molecule has 0 spiro atoms. The highest BCUT2D eigenvalue weighted by molar-refractivity contribution is 5.95. The molecule has 31 heavy (non-hydrogen) atoms. The molecule has 0 aromatic heterocycles. The van der Waals surface area contributed by atoms with E-state index in [4.69, 9.17) is 14.2 Å². The van der Waals surface area contributed by atoms with E-state index in [2.05, 4.69) is 16.0 Å². The van der Waals surface area contributed by atoms with Gasteiger partial charge in [-0.2, -0.15) is 0 Å². The fourth-order valence-electron chi connectivity index (χ4n) is 3.15. The first-order chi connectivity index (χ1) is 15.1. The van der Waals surface area contributed by atoms with E-state index in [0.717, 1.165) is 25.1 Å². The van der Waals surface area contributed by atoms with Crippen molar-refractivity contribution in [2.24, 2.45) is 0 Å². The molecule has 0 radical (unpaired) electrons. The highest BCUT2D eigenvalue weighted by Gasteiger charge is 2.16. The van der Waals surface area contributed by atoms with Gasteiger partial charge >= 0.3 is 0 Å². The Morgan fingerprint density at radius 3 is 2.68 bits per heavy atom. The first-order valence-electron chi connectivity index (χ1n) is 10.4. The van der Waals surface area contributed by atoms with Gasteiger partial charge in [0, 0.05) is 43.3 Å². The fraction of sp³-hybridized carbons (Fsp3) is 0.391. The average Bonchev–Trinajstić information content (AvgIpc) is 3.31. The van der Waals surface area contributed by atoms with E-state index in [-0.39, 0.29) is 24.5 Å². The highest BCUT2D eigenvalue weighted by Crippen LogP contribution is 2.17. The van der Waals surface area contributed by atoms with Crippen LogP contribution in [0.2, 0.25) is 0 Å². The summed E-state index contributed by atoms with van der Waals surface area (Å²) in [6.45, 7) is 2.33. The maximum absolute atomic E-state index is 12.2. The standard InChI is InChI=1S/C23H29N3O5/c1-29-12-13-31-20-5-2-4-19(14-20)26-22(27)16-24-18-9-7-17(8-10-18)23(28)25-15-21-6-3-11-30-21/h2,4-5,7-10,14,21,24H,3,6,11-13,15-16H2,1H3,(H,25,28)(H,26,27). The Kier molecular flexibility index (Phi) is 8.69. The van der Waals surface area contributed by atoms with Gasteiger partial charge in [0.15, 0.2) is 0 Å². The lowest BCUT2D eigenvalue weighted by atomic mass is 10.2. The monoisotopic (exact) mass is 427 g/mol. The van der Waals surface area contributed by atoms with Gasteiger partial charge in [-0.1, -0.05) is 6.07 Å². The van der Waals surface area contributed by atoms with Gasteiger partial charge in [0.1, 0.15) is 12.4 Å². The Labute approximate surface area is 182 Å². The Balaban J connectivity index is 1.41. The van der Waals surface area contributed by atoms with Crippen LogP contribution >= 0.6 is 0 Å². The zero-order chi connectivity index (χ0) is 21.9. The normalized spacial score (nSPS) is 15.3. The van der Waals surface area contributed by atoms with Crippen LogP contribution in [0.1, 0.15) is 23.2 Å². The molecule has 1 unspecified atom stereocenters. The van der Waals surface area contributed by atoms with Gasteiger partial charge in [-0.25, -0.2) is 0 Å². The third-order valence-electron chi connectivity index (χ3n) is 4.79. The van der Waals surface area contributed by atoms with Crippen LogP contribution in [-0.2, 0) is 14.3 Å². The molecule has 0 bridgehead atoms. The lowest BCUT2D eigenvalue weighted by molar-refractivity contribution is -0.114. The van der Waals surface area contributed by atoms with Crippen molar-refractivity contribution >= 4 is 23.2 Å². The summed E-state index contributed by atoms with van der Waals surface area (Å²) in [6, 6.07) is 14.2. The number of hydrogen-bond acceptors (Lipinski definition) is 6. The van der Waals surface area contributed by atoms with Gasteiger partial charge in [-0.3, -0.25) is 9.59 Å². The van der Waals surface area contributed by atoms with Crippen LogP contribution in [0.25, 0.3) is 0 Å². The van der Waals surface area contributed by atoms with Gasteiger partial charge in [-0.05, 0) is 49.2 Å². The molecule has 3 N–H and O–H groups in total. The zero-order valence-electron chi connectivity index (χ0n) is 17.7. The SMILES string of the molecule is COCCOc1cccc(NC(=O)CNc2ccc(C(=O)NCC3CCCO3)cc2)c1. The van der Waals surface area contributed by atoms with Gasteiger partial charge in [0.05, 0.1) is 19.3 Å². The number of hydrogen-bond donors (Lipinski definition) is 3. The number of rotatable bonds is 11. The van der Waals surface area contributed by atoms with E-state index < -0.39 is 0 Å². The molecule has 1 aliphatic rings. The molecule has 2 aromatic carbocycles. The van der Waals surface area contributed by atoms with E-state index >= 15 is 0 Å². The zero-order valence-corrected chi connectivity index (χ0v) is 17.7. The van der Waals surface area contributed by atoms with Crippen LogP contribution in [0.3, 0.4) is 0 Å². The van der Waals surface area contributed by atoms with Crippen LogP contribution in [0.5, 0.6) is 5.75 Å². The third-order valence-corrected chi connectivity index (χ3v) is 4.79. The summed E-state index contributed by atoms with van der Waals surface area (Å²) < 4.78 is 16.0. The number of carbonyl (C=O) groups is 2. The average molecular weight is 428 g/mol. The second kappa shape index (κ2) is 11.9. The molecule has 8 heteroatoms. The molecule has 2 amide bonds. The van der Waals surface area contributed by atoms with Crippen LogP contribution < -0.4 is 20.7 Å². The predicted octanol–water partition coefficient (Wildman–Crippen LogP) is 2.67. The van der Waals surface area contributed by atoms with E-state index in [0.29, 0.717) is 36.8 Å². The Morgan fingerprint density at radius 2 is 1.94 bits per heavy atom. The number of carbonyl (C=O) groups excluding carboxylic acids is 2. The number of methoxy groups -OCH3 is 1. The number of ether oxygens (including phenoxy) is 3. The number of anilines is 2. The van der Waals surface area contributed by atoms with Crippen molar-refractivity contribution in [3.8, 4) is 5.75 Å². The summed E-state index contributed by atoms with van der Waals surface area (Å²) in [5.41, 5.74) is 1.97. The van der Waals surface area contributed by atoms with E-state index in [1.807, 2.05) is 12.1 Å². The molecule has 0 aliphatic carbocycles. The minimum absolute atomic E-state index is 0.0965. The lowest BCUT2D eigenvalue weighted by Crippen LogP contribution is -2.31. The van der Waals surface area contributed by atoms with Crippen molar-refractivity contribution in [3.63, 3.8) is 0 Å². The molecule has 0 saturated carbocycles. The largest absolute Gasteiger partial charge is 0.491 e. The lowest BCUT2D eigenvalue weighted by Gasteiger charge is -2.12. The van der Waals surface area contributed by atoms with Crippen LogP contribution in [0, 0.1) is 0 Å². The number of nitrogens with one attached hydrogen (secondary N) is 3. The van der Waals surface area contributed by atoms with Gasteiger partial charge < -0.3 is 30.2 Å². The molecule has 166 valence electrons. The fourth-order valence-corrected chi connectivity index (χ4v) is 3.15. The topological polar surface area (TPSA) is 97.9 Å². The second-order valence-corrected chi connectivity index (χ2v) is 7.19. The van der Waals surface area contributed by atoms with E-state index in [9.17, 15) is 9.59 Å². The molecule has 1 heterocycles. The summed E-state index contributed by atoms with van der Waals surface area (Å²) in [5, 5.41) is 8.77. The summed E-state index contributed by atoms with van der Waals surface area (Å²) in [7, 11) is 1.61. The van der Waals surface area contributed by atoms with E-state index in [1.54, 1.807) is 43.5 Å². The van der Waals surface area contributed by atoms with Crippen molar-refractivity contribution in [1.82, 2.24) is 5.32 Å². The van der Waals surface area contributed by atoms with Crippen molar-refractivity contribution in [1.29, 1.82) is 0 Å². The summed E-state index contributed by atoms with van der Waals surface area (Å²) in [5.74, 6) is 0.344. The summed E-state index contributed by atoms with van der Waals surface area (Å²) in [4.78, 5) is 24.5. The highest BCUT2D eigenvalue weighted by atomic mass is 16.5. The minimum atomic E-state index is -0.188. The second-order valence-electron chi connectivity index (χ2n) is 7.19. The molecule has 1 aliphatic heterocycles. The van der Waals surface area contributed by atoms with E-state index in [1.165, 1.54) is 0 Å². The molecule has 1 atom stereocenters. The summed E-state index contributed by atoms with van der Waals surface area (Å²) >= 11 is 0. The molecule has 1 fully saturated rings. The maximum Gasteiger partial charge on any atom is 0.251 e. The third kappa shape index (κ3) is 7.58. The van der Waals surface area contributed by atoms with Gasteiger partial charge in [0.25, 0.3) is 5.91 Å². The first-order valence-corrected chi connectivity index (χ1v) is 10.4. The van der Waals surface area contributed by atoms with Crippen molar-refractivity contribution in [2.75, 3.05) is 50.7 Å². The van der Waals surface area contributed by atoms with Gasteiger partial charge in [-0.15, -0.1) is 0 Å². The molecule has 1 saturated heterocycles. The van der Waals surface area contributed by atoms with Crippen LogP contribution in [-0.4, -0.2) is 57.9 Å². The van der Waals surface area contributed by atoms with Crippen molar-refractivity contribution in [3.05, 3.63) is 54.1 Å². The van der Waals surface area contributed by atoms with Crippen LogP contribution in [0.4, 0.5) is 11.4 Å². The number of amides is 2. The van der Waals surface area contributed by atoms with Crippen LogP contribution in [0.15, 0.2) is 48.5 Å². The Bertz CT molecular complexity index is 851. The molecular weight excluding hydrogens is 398 g/mol. The quantitative estimate of drug-likeness (QED) is 0.477. The van der Waals surface area contributed by atoms with Crippen molar-refractivity contribution in [2.45, 2.75) is 18.9 Å². The summed E-state index contributed by atoms with van der Waals surface area (Å²) in [6.07, 6.45) is 2.14. The predicted molar refractivity (Wildman–Crippen MR) is 119 cm³/mol. The molecule has 2 aromatic rings. The smallest absolute Gasteiger partial charge is 0.251 e. The number of benzene rings is 2. The molecule has 3 rings (SSSR count). The molecular formula is C23H29N3O5. The van der Waals surface area contributed by atoms with Gasteiger partial charge in [0.2, 0.25) is 5.91 Å².